The van der Waals surface area contributed by atoms with Gasteiger partial charge >= 0.3 is 6.55 Å². The van der Waals surface area contributed by atoms with Crippen LogP contribution in [0, 0.1) is 40.9 Å². The Hall–Kier alpha value is -9.32. The molecule has 0 saturated carbocycles. The lowest BCUT2D eigenvalue weighted by Crippen LogP contribution is -2.49. The number of nitrogens with zero attached hydrogens (tertiary/aromatic N) is 15. The normalized spacial score (nSPS) is 19.3. The van der Waals surface area contributed by atoms with Gasteiger partial charge in [-0.2, -0.15) is 29.7 Å². The number of hydrogen-bond donors (Lipinski definition) is 4. The Morgan fingerprint density at radius 3 is 1.85 bits per heavy atom. The number of rotatable bonds is 15. The highest BCUT2D eigenvalue weighted by Crippen LogP contribution is 2.43. The first-order valence-corrected chi connectivity index (χ1v) is 28.5. The van der Waals surface area contributed by atoms with Gasteiger partial charge in [-0.1, -0.05) is 0 Å². The first-order valence-electron chi connectivity index (χ1n) is 26.8. The Bertz CT molecular complexity index is 4010. The molecule has 9 aromatic rings. The van der Waals surface area contributed by atoms with Crippen molar-refractivity contribution in [1.82, 2.24) is 63.5 Å². The smallest absolute Gasteiger partial charge is 0.333 e. The number of piperidine rings is 3. The number of hydrogen-bond acceptors (Lipinski definition) is 17. The number of fused-ring (bicyclic) bond motifs is 3. The van der Waals surface area contributed by atoms with Crippen molar-refractivity contribution in [3.05, 3.63) is 90.4 Å². The van der Waals surface area contributed by atoms with Gasteiger partial charge < -0.3 is 44.8 Å². The van der Waals surface area contributed by atoms with Crippen molar-refractivity contribution < 1.29 is 23.2 Å². The number of aromatic amines is 1. The minimum Gasteiger partial charge on any atom is -0.379 e. The summed E-state index contributed by atoms with van der Waals surface area (Å²) in [6.45, 7) is 1.11. The maximum atomic E-state index is 13.9. The summed E-state index contributed by atoms with van der Waals surface area (Å²) in [5, 5.41) is 50.2. The summed E-state index contributed by atoms with van der Waals surface area (Å²) in [4.78, 5) is 73.7. The predicted octanol–water partition coefficient (Wildman–Crippen LogP) is 8.73. The molecule has 26 heteroatoms. The lowest BCUT2D eigenvalue weighted by molar-refractivity contribution is -0.132. The Labute approximate surface area is 475 Å². The van der Waals surface area contributed by atoms with Crippen LogP contribution in [0.15, 0.2) is 85.4 Å². The third-order valence-electron chi connectivity index (χ3n) is 15.6. The summed E-state index contributed by atoms with van der Waals surface area (Å²) in [7, 11) is 0. The van der Waals surface area contributed by atoms with Crippen LogP contribution in [0.3, 0.4) is 0 Å². The molecule has 4 N–H and O–H groups in total. The number of nitrogens with one attached hydrogen (secondary N) is 4. The van der Waals surface area contributed by atoms with E-state index in [1.54, 1.807) is 33.3 Å². The first kappa shape index (κ1) is 53.3. The Morgan fingerprint density at radius 2 is 1.27 bits per heavy atom. The van der Waals surface area contributed by atoms with Crippen LogP contribution in [-0.4, -0.2) is 139 Å². The van der Waals surface area contributed by atoms with E-state index < -0.39 is 12.6 Å². The van der Waals surface area contributed by atoms with Gasteiger partial charge in [0.25, 0.3) is 0 Å². The zero-order valence-corrected chi connectivity index (χ0v) is 45.9. The number of thiazole rings is 2. The fraction of sp³-hybridized carbons (Fsp3) is 0.357. The van der Waals surface area contributed by atoms with Crippen LogP contribution in [0.25, 0.3) is 65.4 Å². The van der Waals surface area contributed by atoms with E-state index in [2.05, 4.69) is 45.6 Å². The van der Waals surface area contributed by atoms with E-state index >= 15 is 0 Å². The number of H-pyrrole nitrogens is 1. The summed E-state index contributed by atoms with van der Waals surface area (Å²) in [5.41, 5.74) is 6.48. The van der Waals surface area contributed by atoms with E-state index in [0.717, 1.165) is 48.2 Å². The Balaban J connectivity index is 0.899. The zero-order chi connectivity index (χ0) is 56.6. The molecule has 3 aliphatic rings. The number of likely N-dealkylation sites (tertiary alicyclic amines) is 3. The Morgan fingerprint density at radius 1 is 0.683 bits per heavy atom. The minimum absolute atomic E-state index is 0.240. The molecule has 82 heavy (non-hydrogen) atoms. The number of carbonyl (C=O) groups excluding carboxylic acids is 3. The fourth-order valence-corrected chi connectivity index (χ4v) is 13.3. The molecule has 3 amide bonds. The quantitative estimate of drug-likeness (QED) is 0.0747. The third kappa shape index (κ3) is 10.4. The number of nitriles is 3. The highest BCUT2D eigenvalue weighted by atomic mass is 32.1. The van der Waals surface area contributed by atoms with E-state index in [4.69, 9.17) is 9.97 Å². The summed E-state index contributed by atoms with van der Waals surface area (Å²) in [6.07, 6.45) is 17.3. The number of pyridine rings is 3. The minimum atomic E-state index is -2.86. The van der Waals surface area contributed by atoms with Crippen molar-refractivity contribution in [2.45, 2.75) is 88.6 Å². The summed E-state index contributed by atoms with van der Waals surface area (Å²) < 4.78 is 32.5. The summed E-state index contributed by atoms with van der Waals surface area (Å²) in [5.74, 6) is -0.880. The molecular weight excluding hydrogens is 1090 g/mol. The van der Waals surface area contributed by atoms with Gasteiger partial charge in [0.2, 0.25) is 17.7 Å². The SMILES string of the molecule is Cc1ncc(-c2cnc3c(ccn3C3C[C@@H](Nc4c(-c5nccs5)cnc5[nH]ccc45)CN(C(=O)CC#N)C3)c2N[C@@H]2CC(n3ccc4c(N[C@@H]5CCCN(C(=O)CC#N)C5)c(-c5ccn(C(F)F)n5)cnc43)CN(C(=O)CC#N)C2)s1. The van der Waals surface area contributed by atoms with E-state index in [1.165, 1.54) is 34.9 Å². The second-order valence-corrected chi connectivity index (χ2v) is 22.9. The molecule has 416 valence electrons. The molecule has 5 atom stereocenters. The molecule has 3 aliphatic heterocycles. The van der Waals surface area contributed by atoms with Gasteiger partial charge in [-0.25, -0.2) is 29.6 Å². The van der Waals surface area contributed by atoms with Gasteiger partial charge in [-0.05, 0) is 56.9 Å². The van der Waals surface area contributed by atoms with Crippen LogP contribution in [0.1, 0.15) is 68.6 Å². The molecule has 0 radical (unpaired) electrons. The van der Waals surface area contributed by atoms with Gasteiger partial charge in [0.1, 0.15) is 41.2 Å². The summed E-state index contributed by atoms with van der Waals surface area (Å²) >= 11 is 3.02. The maximum Gasteiger partial charge on any atom is 0.333 e. The highest BCUT2D eigenvalue weighted by Gasteiger charge is 2.36. The highest BCUT2D eigenvalue weighted by molar-refractivity contribution is 7.15. The van der Waals surface area contributed by atoms with Crippen molar-refractivity contribution in [2.75, 3.05) is 55.2 Å². The number of halogens is 2. The van der Waals surface area contributed by atoms with Crippen LogP contribution >= 0.6 is 22.7 Å². The molecular formula is C56H53F2N19O3S2. The van der Waals surface area contributed by atoms with E-state index in [1.807, 2.05) is 84.3 Å². The second kappa shape index (κ2) is 22.7. The molecule has 2 unspecified atom stereocenters. The van der Waals surface area contributed by atoms with Crippen LogP contribution < -0.4 is 16.0 Å². The fourth-order valence-electron chi connectivity index (χ4n) is 11.9. The van der Waals surface area contributed by atoms with Gasteiger partial charge in [-0.3, -0.25) is 14.4 Å². The number of anilines is 3. The molecule has 9 aromatic heterocycles. The molecule has 3 saturated heterocycles. The lowest BCUT2D eigenvalue weighted by Gasteiger charge is -2.39. The number of alkyl halides is 2. The largest absolute Gasteiger partial charge is 0.379 e. The van der Waals surface area contributed by atoms with Gasteiger partial charge in [-0.15, -0.1) is 22.7 Å². The van der Waals surface area contributed by atoms with Crippen molar-refractivity contribution in [3.8, 4) is 50.5 Å². The zero-order valence-electron chi connectivity index (χ0n) is 44.2. The van der Waals surface area contributed by atoms with E-state index in [9.17, 15) is 39.0 Å². The number of amides is 3. The lowest BCUT2D eigenvalue weighted by atomic mass is 9.98. The maximum absolute atomic E-state index is 13.9. The van der Waals surface area contributed by atoms with Crippen molar-refractivity contribution >= 4 is 90.6 Å². The molecule has 12 rings (SSSR count). The van der Waals surface area contributed by atoms with E-state index in [0.29, 0.717) is 90.1 Å². The molecule has 3 fully saturated rings. The van der Waals surface area contributed by atoms with Crippen LogP contribution in [0.5, 0.6) is 0 Å². The number of aryl methyl sites for hydroxylation is 1. The van der Waals surface area contributed by atoms with Crippen LogP contribution in [0.2, 0.25) is 0 Å². The molecule has 0 aliphatic carbocycles. The van der Waals surface area contributed by atoms with Crippen LogP contribution in [0.4, 0.5) is 25.8 Å². The number of carbonyl (C=O) groups is 3. The molecule has 0 aromatic carbocycles. The van der Waals surface area contributed by atoms with E-state index in [-0.39, 0.29) is 79.9 Å². The molecule has 22 nitrogen and oxygen atoms in total. The standard InChI is InChI=1S/C56H53F2N19O3S2/c1-32-64-26-45(82-32)42-24-67-54-40(9-18-76(54)36-21-34(28-73(30-36)47(79)5-12-60)69-49-38-7-14-62-52(38)65-25-43(49)55-63-15-20-81-55)51(42)70-35-22-37(31-74(29-35)48(80)6-13-61)75-17-8-39-50(68-33-3-2-16-72(27-33)46(78)4-11-59)41(23-66-53(39)75)44-10-19-77(71-44)56(57)58/h7-10,14-15,17-20,23-26,33-37,56H,2-6,16,21-22,27-31H2,1H3,(H,66,68)(H,67,70)(H2,62,65,69)/t33-,34-,35-,36?,37?/m1/s1. The second-order valence-electron chi connectivity index (χ2n) is 20.7. The van der Waals surface area contributed by atoms with Crippen molar-refractivity contribution in [1.29, 1.82) is 15.8 Å². The van der Waals surface area contributed by atoms with Crippen LogP contribution in [-0.2, 0) is 14.4 Å². The van der Waals surface area contributed by atoms with Gasteiger partial charge in [0.05, 0.1) is 68.5 Å². The van der Waals surface area contributed by atoms with Crippen molar-refractivity contribution in [3.63, 3.8) is 0 Å². The summed E-state index contributed by atoms with van der Waals surface area (Å²) in [6, 6.07) is 11.8. The van der Waals surface area contributed by atoms with Gasteiger partial charge in [0, 0.05) is 146 Å². The molecule has 0 spiro atoms. The average molecular weight is 1140 g/mol. The first-order chi connectivity index (χ1) is 39.9. The topological polar surface area (TPSA) is 276 Å². The predicted molar refractivity (Wildman–Crippen MR) is 304 cm³/mol. The third-order valence-corrected chi connectivity index (χ3v) is 17.3. The van der Waals surface area contributed by atoms with Crippen molar-refractivity contribution in [2.24, 2.45) is 0 Å². The molecule has 12 heterocycles. The molecule has 0 bridgehead atoms. The van der Waals surface area contributed by atoms with Gasteiger partial charge in [0.15, 0.2) is 0 Å². The Kier molecular flexibility index (Phi) is 14.7. The monoisotopic (exact) mass is 1140 g/mol. The number of aromatic nitrogens is 10. The average Bonchev–Trinajstić information content (AvgIpc) is 4.54.